The lowest BCUT2D eigenvalue weighted by atomic mass is 9.98. The van der Waals surface area contributed by atoms with E-state index in [1.807, 2.05) is 16.8 Å². The number of hydrogen-bond donors (Lipinski definition) is 0. The number of para-hydroxylation sites is 1. The number of aromatic nitrogens is 5. The molecular formula is C18H22N6. The summed E-state index contributed by atoms with van der Waals surface area (Å²) in [5.74, 6) is 1.54. The van der Waals surface area contributed by atoms with Gasteiger partial charge in [0, 0.05) is 24.2 Å². The third-order valence-electron chi connectivity index (χ3n) is 4.72. The smallest absolute Gasteiger partial charge is 0.143 e. The Balaban J connectivity index is 1.46. The highest BCUT2D eigenvalue weighted by molar-refractivity contribution is 5.80. The summed E-state index contributed by atoms with van der Waals surface area (Å²) in [6.45, 7) is 6.00. The molecule has 3 aromatic rings. The van der Waals surface area contributed by atoms with E-state index in [-0.39, 0.29) is 0 Å². The van der Waals surface area contributed by atoms with Crippen molar-refractivity contribution in [2.75, 3.05) is 13.1 Å². The van der Waals surface area contributed by atoms with Gasteiger partial charge in [-0.1, -0.05) is 18.2 Å². The minimum Gasteiger partial charge on any atom is -0.296 e. The average Bonchev–Trinajstić information content (AvgIpc) is 3.08. The zero-order valence-electron chi connectivity index (χ0n) is 14.0. The van der Waals surface area contributed by atoms with Gasteiger partial charge < -0.3 is 0 Å². The van der Waals surface area contributed by atoms with Gasteiger partial charge in [-0.2, -0.15) is 5.10 Å². The second-order valence-corrected chi connectivity index (χ2v) is 6.60. The van der Waals surface area contributed by atoms with E-state index in [4.69, 9.17) is 9.97 Å². The predicted molar refractivity (Wildman–Crippen MR) is 92.3 cm³/mol. The standard InChI is InChI=1S/C18H22N6/c1-14-16-6-2-3-7-17(16)22-18(21-14)11-23-8-4-5-15(9-23)10-24-13-19-12-20-24/h2-3,6-7,12-13,15H,4-5,8-11H2,1H3. The van der Waals surface area contributed by atoms with E-state index in [0.29, 0.717) is 5.92 Å². The monoisotopic (exact) mass is 322 g/mol. The van der Waals surface area contributed by atoms with Gasteiger partial charge in [0.1, 0.15) is 18.5 Å². The topological polar surface area (TPSA) is 59.7 Å². The fourth-order valence-corrected chi connectivity index (χ4v) is 3.60. The number of piperidine rings is 1. The maximum atomic E-state index is 4.75. The van der Waals surface area contributed by atoms with E-state index in [1.54, 1.807) is 12.7 Å². The van der Waals surface area contributed by atoms with Gasteiger partial charge in [0.2, 0.25) is 0 Å². The van der Waals surface area contributed by atoms with Crippen molar-refractivity contribution in [1.82, 2.24) is 29.6 Å². The molecule has 1 aliphatic heterocycles. The summed E-state index contributed by atoms with van der Waals surface area (Å²) < 4.78 is 1.94. The van der Waals surface area contributed by atoms with E-state index in [0.717, 1.165) is 48.6 Å². The van der Waals surface area contributed by atoms with Crippen molar-refractivity contribution in [2.24, 2.45) is 5.92 Å². The second-order valence-electron chi connectivity index (χ2n) is 6.60. The summed E-state index contributed by atoms with van der Waals surface area (Å²) in [4.78, 5) is 16.0. The first-order valence-electron chi connectivity index (χ1n) is 8.55. The molecule has 0 bridgehead atoms. The van der Waals surface area contributed by atoms with Crippen LogP contribution in [-0.4, -0.2) is 42.7 Å². The first kappa shape index (κ1) is 15.2. The van der Waals surface area contributed by atoms with Crippen molar-refractivity contribution in [3.05, 3.63) is 48.4 Å². The zero-order chi connectivity index (χ0) is 16.4. The molecule has 124 valence electrons. The molecular weight excluding hydrogens is 300 g/mol. The molecule has 3 heterocycles. The van der Waals surface area contributed by atoms with Gasteiger partial charge in [0.05, 0.1) is 12.1 Å². The molecule has 1 aliphatic rings. The summed E-state index contributed by atoms with van der Waals surface area (Å²) in [6, 6.07) is 8.23. The molecule has 0 spiro atoms. The van der Waals surface area contributed by atoms with Crippen LogP contribution >= 0.6 is 0 Å². The molecule has 6 heteroatoms. The van der Waals surface area contributed by atoms with E-state index >= 15 is 0 Å². The van der Waals surface area contributed by atoms with Crippen LogP contribution in [0, 0.1) is 12.8 Å². The van der Waals surface area contributed by atoms with Crippen molar-refractivity contribution < 1.29 is 0 Å². The second kappa shape index (κ2) is 6.65. The van der Waals surface area contributed by atoms with E-state index < -0.39 is 0 Å². The summed E-state index contributed by atoms with van der Waals surface area (Å²) in [7, 11) is 0. The number of aryl methyl sites for hydroxylation is 1. The minimum atomic E-state index is 0.613. The molecule has 0 radical (unpaired) electrons. The van der Waals surface area contributed by atoms with Crippen LogP contribution in [0.4, 0.5) is 0 Å². The molecule has 24 heavy (non-hydrogen) atoms. The molecule has 1 fully saturated rings. The van der Waals surface area contributed by atoms with Gasteiger partial charge in [-0.05, 0) is 38.3 Å². The third-order valence-corrected chi connectivity index (χ3v) is 4.72. The molecule has 0 saturated carbocycles. The molecule has 1 saturated heterocycles. The zero-order valence-corrected chi connectivity index (χ0v) is 14.0. The number of nitrogens with zero attached hydrogens (tertiary/aromatic N) is 6. The van der Waals surface area contributed by atoms with E-state index in [2.05, 4.69) is 34.0 Å². The lowest BCUT2D eigenvalue weighted by Gasteiger charge is -2.32. The molecule has 2 aromatic heterocycles. The summed E-state index contributed by atoms with van der Waals surface area (Å²) in [6.07, 6.45) is 5.86. The van der Waals surface area contributed by atoms with Gasteiger partial charge in [0.15, 0.2) is 0 Å². The molecule has 1 aromatic carbocycles. The van der Waals surface area contributed by atoms with Crippen LogP contribution in [0.15, 0.2) is 36.9 Å². The Morgan fingerprint density at radius 3 is 3.00 bits per heavy atom. The van der Waals surface area contributed by atoms with Crippen molar-refractivity contribution in [1.29, 1.82) is 0 Å². The minimum absolute atomic E-state index is 0.613. The Labute approximate surface area is 141 Å². The number of hydrogen-bond acceptors (Lipinski definition) is 5. The van der Waals surface area contributed by atoms with Crippen LogP contribution in [0.1, 0.15) is 24.4 Å². The van der Waals surface area contributed by atoms with Crippen LogP contribution in [0.3, 0.4) is 0 Å². The molecule has 6 nitrogen and oxygen atoms in total. The van der Waals surface area contributed by atoms with Crippen LogP contribution in [0.2, 0.25) is 0 Å². The van der Waals surface area contributed by atoms with E-state index in [1.165, 1.54) is 12.8 Å². The lowest BCUT2D eigenvalue weighted by molar-refractivity contribution is 0.150. The fourth-order valence-electron chi connectivity index (χ4n) is 3.60. The highest BCUT2D eigenvalue weighted by Gasteiger charge is 2.21. The van der Waals surface area contributed by atoms with Gasteiger partial charge in [-0.25, -0.2) is 15.0 Å². The third kappa shape index (κ3) is 3.28. The molecule has 1 atom stereocenters. The number of fused-ring (bicyclic) bond motifs is 1. The summed E-state index contributed by atoms with van der Waals surface area (Å²) in [5.41, 5.74) is 2.10. The molecule has 0 aliphatic carbocycles. The number of benzene rings is 1. The van der Waals surface area contributed by atoms with Crippen LogP contribution in [0.25, 0.3) is 10.9 Å². The van der Waals surface area contributed by atoms with Crippen molar-refractivity contribution in [3.63, 3.8) is 0 Å². The van der Waals surface area contributed by atoms with E-state index in [9.17, 15) is 0 Å². The highest BCUT2D eigenvalue weighted by Crippen LogP contribution is 2.20. The molecule has 1 unspecified atom stereocenters. The van der Waals surface area contributed by atoms with Gasteiger partial charge in [0.25, 0.3) is 0 Å². The highest BCUT2D eigenvalue weighted by atomic mass is 15.3. The largest absolute Gasteiger partial charge is 0.296 e. The molecule has 0 N–H and O–H groups in total. The molecule has 4 rings (SSSR count). The lowest BCUT2D eigenvalue weighted by Crippen LogP contribution is -2.37. The first-order chi connectivity index (χ1) is 11.8. The Morgan fingerprint density at radius 2 is 2.12 bits per heavy atom. The normalized spacial score (nSPS) is 19.0. The van der Waals surface area contributed by atoms with Gasteiger partial charge in [-0.15, -0.1) is 0 Å². The molecule has 0 amide bonds. The Morgan fingerprint density at radius 1 is 1.21 bits per heavy atom. The van der Waals surface area contributed by atoms with Crippen molar-refractivity contribution >= 4 is 10.9 Å². The van der Waals surface area contributed by atoms with Gasteiger partial charge >= 0.3 is 0 Å². The first-order valence-corrected chi connectivity index (χ1v) is 8.55. The van der Waals surface area contributed by atoms with Crippen molar-refractivity contribution in [2.45, 2.75) is 32.9 Å². The number of rotatable bonds is 4. The van der Waals surface area contributed by atoms with Crippen LogP contribution < -0.4 is 0 Å². The van der Waals surface area contributed by atoms with Gasteiger partial charge in [-0.3, -0.25) is 9.58 Å². The maximum Gasteiger partial charge on any atom is 0.143 e. The van der Waals surface area contributed by atoms with Crippen LogP contribution in [-0.2, 0) is 13.1 Å². The maximum absolute atomic E-state index is 4.75. The summed E-state index contributed by atoms with van der Waals surface area (Å²) in [5, 5.41) is 5.37. The Kier molecular flexibility index (Phi) is 4.21. The predicted octanol–water partition coefficient (Wildman–Crippen LogP) is 2.44. The van der Waals surface area contributed by atoms with Crippen molar-refractivity contribution in [3.8, 4) is 0 Å². The fraction of sp³-hybridized carbons (Fsp3) is 0.444. The van der Waals surface area contributed by atoms with Crippen LogP contribution in [0.5, 0.6) is 0 Å². The number of likely N-dealkylation sites (tertiary alicyclic amines) is 1. The Bertz CT molecular complexity index is 813. The average molecular weight is 322 g/mol. The quantitative estimate of drug-likeness (QED) is 0.738. The SMILES string of the molecule is Cc1nc(CN2CCCC(Cn3cncn3)C2)nc2ccccc12. The summed E-state index contributed by atoms with van der Waals surface area (Å²) >= 11 is 0. The Hall–Kier alpha value is -2.34.